The Bertz CT molecular complexity index is 1190. The van der Waals surface area contributed by atoms with Crippen molar-refractivity contribution < 1.29 is 24.2 Å². The van der Waals surface area contributed by atoms with Crippen molar-refractivity contribution in [3.8, 4) is 5.75 Å². The Kier molecular flexibility index (Phi) is 6.67. The van der Waals surface area contributed by atoms with Crippen LogP contribution in [0.1, 0.15) is 30.9 Å². The van der Waals surface area contributed by atoms with Crippen LogP contribution < -0.4 is 9.64 Å². The number of likely N-dealkylation sites (N-methyl/N-ethyl adjacent to an activating group) is 1. The fourth-order valence-corrected chi connectivity index (χ4v) is 4.89. The zero-order valence-electron chi connectivity index (χ0n) is 20.6. The summed E-state index contributed by atoms with van der Waals surface area (Å²) in [5.74, 6) is -1.83. The third-order valence-corrected chi connectivity index (χ3v) is 6.53. The molecule has 0 aliphatic carbocycles. The van der Waals surface area contributed by atoms with Crippen molar-refractivity contribution in [1.82, 2.24) is 9.80 Å². The summed E-state index contributed by atoms with van der Waals surface area (Å²) in [6.45, 7) is 3.42. The maximum Gasteiger partial charge on any atom is 0.296 e. The number of benzene rings is 2. The van der Waals surface area contributed by atoms with Gasteiger partial charge in [0.1, 0.15) is 11.5 Å². The van der Waals surface area contributed by atoms with Gasteiger partial charge < -0.3 is 24.5 Å². The standard InChI is InChI=1S/C27H31N3O5/c1-5-17-35-19-13-11-18(12-14-19)23(31)22-24(32)25(33)30(16-8-15-28(2)3)27(22)20-9-6-7-10-21(20)29(4)26(27)34/h6-7,9-14,31H,5,8,15-17H2,1-4H3/b23-22-/t27-/m1/s1. The van der Waals surface area contributed by atoms with E-state index in [2.05, 4.69) is 0 Å². The van der Waals surface area contributed by atoms with E-state index in [0.29, 0.717) is 42.1 Å². The predicted octanol–water partition coefficient (Wildman–Crippen LogP) is 2.98. The van der Waals surface area contributed by atoms with Crippen molar-refractivity contribution in [2.75, 3.05) is 45.7 Å². The number of ether oxygens (including phenoxy) is 1. The first-order valence-corrected chi connectivity index (χ1v) is 11.8. The molecule has 184 valence electrons. The summed E-state index contributed by atoms with van der Waals surface area (Å²) in [6, 6.07) is 13.7. The number of para-hydroxylation sites is 1. The molecule has 2 aromatic carbocycles. The molecule has 1 fully saturated rings. The van der Waals surface area contributed by atoms with Gasteiger partial charge in [-0.1, -0.05) is 25.1 Å². The molecule has 1 N–H and O–H groups in total. The number of nitrogens with zero attached hydrogens (tertiary/aromatic N) is 3. The number of carbonyl (C=O) groups excluding carboxylic acids is 3. The smallest absolute Gasteiger partial charge is 0.296 e. The summed E-state index contributed by atoms with van der Waals surface area (Å²) < 4.78 is 5.61. The molecule has 0 aromatic heterocycles. The Morgan fingerprint density at radius 3 is 2.40 bits per heavy atom. The Labute approximate surface area is 205 Å². The van der Waals surface area contributed by atoms with Crippen LogP contribution in [-0.2, 0) is 19.9 Å². The van der Waals surface area contributed by atoms with Crippen LogP contribution in [0.5, 0.6) is 5.75 Å². The molecule has 1 saturated heterocycles. The van der Waals surface area contributed by atoms with E-state index in [4.69, 9.17) is 4.74 Å². The van der Waals surface area contributed by atoms with Crippen molar-refractivity contribution in [2.24, 2.45) is 0 Å². The number of likely N-dealkylation sites (tertiary alicyclic amines) is 1. The third kappa shape index (κ3) is 3.87. The fraction of sp³-hybridized carbons (Fsp3) is 0.370. The van der Waals surface area contributed by atoms with E-state index in [-0.39, 0.29) is 17.9 Å². The summed E-state index contributed by atoms with van der Waals surface area (Å²) in [6.07, 6.45) is 1.42. The number of Topliss-reactive ketones (excluding diaryl/α,β-unsaturated/α-hetero) is 1. The molecule has 0 unspecified atom stereocenters. The zero-order chi connectivity index (χ0) is 25.3. The van der Waals surface area contributed by atoms with Gasteiger partial charge in [0.15, 0.2) is 5.54 Å². The first-order valence-electron chi connectivity index (χ1n) is 11.8. The number of aliphatic hydroxyl groups excluding tert-OH is 1. The fourth-order valence-electron chi connectivity index (χ4n) is 4.89. The van der Waals surface area contributed by atoms with Crippen LogP contribution in [0.2, 0.25) is 0 Å². The second-order valence-corrected chi connectivity index (χ2v) is 9.13. The average Bonchev–Trinajstić information content (AvgIpc) is 3.21. The van der Waals surface area contributed by atoms with Crippen molar-refractivity contribution in [2.45, 2.75) is 25.3 Å². The number of ketones is 1. The molecule has 0 bridgehead atoms. The minimum Gasteiger partial charge on any atom is -0.507 e. The molecule has 2 aliphatic heterocycles. The number of rotatable bonds is 8. The molecule has 0 radical (unpaired) electrons. The monoisotopic (exact) mass is 477 g/mol. The van der Waals surface area contributed by atoms with Gasteiger partial charge in [-0.05, 0) is 63.8 Å². The number of hydrogen-bond donors (Lipinski definition) is 1. The van der Waals surface area contributed by atoms with Gasteiger partial charge in [-0.3, -0.25) is 14.4 Å². The molecule has 2 aromatic rings. The van der Waals surface area contributed by atoms with Crippen LogP contribution in [0.15, 0.2) is 54.1 Å². The van der Waals surface area contributed by atoms with Gasteiger partial charge in [0.25, 0.3) is 17.6 Å². The van der Waals surface area contributed by atoms with Gasteiger partial charge in [-0.15, -0.1) is 0 Å². The normalized spacial score (nSPS) is 20.9. The van der Waals surface area contributed by atoms with Crippen molar-refractivity contribution >= 4 is 29.0 Å². The SMILES string of the molecule is CCCOc1ccc(/C(O)=C2\C(=O)C(=O)N(CCCN(C)C)[C@@]23C(=O)N(C)c2ccccc23)cc1. The Hall–Kier alpha value is -3.65. The van der Waals surface area contributed by atoms with Crippen molar-refractivity contribution in [3.05, 3.63) is 65.2 Å². The summed E-state index contributed by atoms with van der Waals surface area (Å²) >= 11 is 0. The zero-order valence-corrected chi connectivity index (χ0v) is 20.6. The largest absolute Gasteiger partial charge is 0.507 e. The van der Waals surface area contributed by atoms with Gasteiger partial charge in [0, 0.05) is 30.4 Å². The van der Waals surface area contributed by atoms with E-state index in [1.165, 1.54) is 9.80 Å². The van der Waals surface area contributed by atoms with Gasteiger partial charge in [-0.2, -0.15) is 0 Å². The lowest BCUT2D eigenvalue weighted by Gasteiger charge is -2.34. The number of hydrogen-bond acceptors (Lipinski definition) is 6. The predicted molar refractivity (Wildman–Crippen MR) is 133 cm³/mol. The van der Waals surface area contributed by atoms with Crippen LogP contribution in [-0.4, -0.2) is 73.3 Å². The van der Waals surface area contributed by atoms with E-state index in [1.54, 1.807) is 55.6 Å². The first kappa shape index (κ1) is 24.5. The summed E-state index contributed by atoms with van der Waals surface area (Å²) in [5.41, 5.74) is -0.462. The van der Waals surface area contributed by atoms with Crippen LogP contribution >= 0.6 is 0 Å². The molecule has 8 nitrogen and oxygen atoms in total. The number of aliphatic hydroxyl groups is 1. The van der Waals surface area contributed by atoms with Gasteiger partial charge in [0.05, 0.1) is 12.2 Å². The Balaban J connectivity index is 1.89. The number of carbonyl (C=O) groups is 3. The van der Waals surface area contributed by atoms with Crippen LogP contribution in [0.25, 0.3) is 5.76 Å². The molecule has 2 heterocycles. The molecule has 2 amide bonds. The molecular weight excluding hydrogens is 446 g/mol. The summed E-state index contributed by atoms with van der Waals surface area (Å²) in [5, 5.41) is 11.4. The molecule has 0 saturated carbocycles. The van der Waals surface area contributed by atoms with Crippen molar-refractivity contribution in [1.29, 1.82) is 0 Å². The Morgan fingerprint density at radius 2 is 1.74 bits per heavy atom. The third-order valence-electron chi connectivity index (χ3n) is 6.53. The molecule has 8 heteroatoms. The topological polar surface area (TPSA) is 90.4 Å². The number of fused-ring (bicyclic) bond motifs is 2. The molecule has 1 spiro atoms. The number of amides is 2. The van der Waals surface area contributed by atoms with E-state index in [1.807, 2.05) is 25.9 Å². The number of anilines is 1. The average molecular weight is 478 g/mol. The Morgan fingerprint density at radius 1 is 1.06 bits per heavy atom. The highest BCUT2D eigenvalue weighted by Gasteiger charge is 2.66. The van der Waals surface area contributed by atoms with E-state index >= 15 is 0 Å². The minimum absolute atomic E-state index is 0.192. The van der Waals surface area contributed by atoms with Crippen molar-refractivity contribution in [3.63, 3.8) is 0 Å². The lowest BCUT2D eigenvalue weighted by Crippen LogP contribution is -2.51. The van der Waals surface area contributed by atoms with Crippen LogP contribution in [0.3, 0.4) is 0 Å². The maximum absolute atomic E-state index is 13.9. The van der Waals surface area contributed by atoms with Gasteiger partial charge in [-0.25, -0.2) is 0 Å². The van der Waals surface area contributed by atoms with E-state index in [9.17, 15) is 19.5 Å². The molecule has 2 aliphatic rings. The maximum atomic E-state index is 13.9. The van der Waals surface area contributed by atoms with Gasteiger partial charge >= 0.3 is 0 Å². The highest BCUT2D eigenvalue weighted by atomic mass is 16.5. The van der Waals surface area contributed by atoms with E-state index in [0.717, 1.165) is 6.42 Å². The first-order chi connectivity index (χ1) is 16.7. The lowest BCUT2D eigenvalue weighted by molar-refractivity contribution is -0.143. The van der Waals surface area contributed by atoms with E-state index < -0.39 is 23.1 Å². The molecule has 4 rings (SSSR count). The second-order valence-electron chi connectivity index (χ2n) is 9.13. The summed E-state index contributed by atoms with van der Waals surface area (Å²) in [4.78, 5) is 45.5. The molecule has 35 heavy (non-hydrogen) atoms. The van der Waals surface area contributed by atoms with Crippen LogP contribution in [0, 0.1) is 0 Å². The lowest BCUT2D eigenvalue weighted by atomic mass is 9.82. The summed E-state index contributed by atoms with van der Waals surface area (Å²) in [7, 11) is 5.46. The quantitative estimate of drug-likeness (QED) is 0.357. The molecule has 1 atom stereocenters. The highest BCUT2D eigenvalue weighted by Crippen LogP contribution is 2.53. The van der Waals surface area contributed by atoms with Crippen LogP contribution in [0.4, 0.5) is 5.69 Å². The van der Waals surface area contributed by atoms with Gasteiger partial charge in [0.2, 0.25) is 0 Å². The molecular formula is C27H31N3O5. The second kappa shape index (κ2) is 9.54. The minimum atomic E-state index is -1.71. The highest BCUT2D eigenvalue weighted by molar-refractivity contribution is 6.50.